The maximum absolute atomic E-state index is 5.54. The Labute approximate surface area is 482 Å². The Kier molecular flexibility index (Phi) is 21.5. The van der Waals surface area contributed by atoms with Crippen molar-refractivity contribution in [2.75, 3.05) is 89.4 Å². The van der Waals surface area contributed by atoms with Gasteiger partial charge in [0.2, 0.25) is 0 Å². The van der Waals surface area contributed by atoms with Crippen molar-refractivity contribution in [2.45, 2.75) is 85.2 Å². The zero-order chi connectivity index (χ0) is 56.0. The Morgan fingerprint density at radius 2 is 1.10 bits per heavy atom. The summed E-state index contributed by atoms with van der Waals surface area (Å²) in [6.07, 6.45) is 12.3. The Morgan fingerprint density at radius 3 is 1.55 bits per heavy atom. The van der Waals surface area contributed by atoms with Crippen LogP contribution in [0.3, 0.4) is 0 Å². The van der Waals surface area contributed by atoms with Gasteiger partial charge in [0.15, 0.2) is 33.4 Å². The second-order valence-corrected chi connectivity index (χ2v) is 21.1. The minimum Gasteiger partial charge on any atom is -0.497 e. The molecular weight excluding hydrogens is 1190 g/mol. The molecule has 2 fully saturated rings. The average Bonchev–Trinajstić information content (AvgIpc) is 4.32. The normalized spacial score (nSPS) is 15.3. The third kappa shape index (κ3) is 14.6. The summed E-state index contributed by atoms with van der Waals surface area (Å²) in [6.45, 7) is 18.9. The number of rotatable bonds is 15. The predicted molar refractivity (Wildman–Crippen MR) is 317 cm³/mol. The number of aromatic nitrogens is 12. The van der Waals surface area contributed by atoms with Crippen LogP contribution in [0.25, 0.3) is 11.3 Å². The molecule has 2 aromatic carbocycles. The molecule has 2 atom stereocenters. The Balaban J connectivity index is 0.000000176. The van der Waals surface area contributed by atoms with Crippen LogP contribution in [0.5, 0.6) is 23.0 Å². The van der Waals surface area contributed by atoms with Gasteiger partial charge in [0, 0.05) is 101 Å². The van der Waals surface area contributed by atoms with Crippen molar-refractivity contribution in [1.82, 2.24) is 63.6 Å². The van der Waals surface area contributed by atoms with E-state index in [0.29, 0.717) is 35.1 Å². The van der Waals surface area contributed by atoms with E-state index in [-0.39, 0.29) is 5.92 Å². The monoisotopic (exact) mass is 1260 g/mol. The summed E-state index contributed by atoms with van der Waals surface area (Å²) < 4.78 is 30.6. The number of hydrogen-bond acceptors (Lipinski definition) is 17. The Bertz CT molecular complexity index is 3210. The molecule has 24 heteroatoms. The third-order valence-corrected chi connectivity index (χ3v) is 16.0. The van der Waals surface area contributed by atoms with Gasteiger partial charge in [-0.25, -0.2) is 29.0 Å². The fourth-order valence-electron chi connectivity index (χ4n) is 9.35. The number of halogens is 3. The van der Waals surface area contributed by atoms with Gasteiger partial charge in [-0.2, -0.15) is 20.4 Å². The van der Waals surface area contributed by atoms with Crippen LogP contribution in [-0.4, -0.2) is 138 Å². The predicted octanol–water partition coefficient (Wildman–Crippen LogP) is 9.53. The molecule has 2 aliphatic heterocycles. The van der Waals surface area contributed by atoms with Crippen molar-refractivity contribution < 1.29 is 18.9 Å². The first-order chi connectivity index (χ1) is 37.6. The summed E-state index contributed by atoms with van der Waals surface area (Å²) in [5.74, 6) is 5.98. The van der Waals surface area contributed by atoms with E-state index < -0.39 is 0 Å². The highest BCUT2D eigenvalue weighted by molar-refractivity contribution is 9.11. The minimum absolute atomic E-state index is 0.233. The maximum atomic E-state index is 5.54. The molecule has 21 nitrogen and oxygen atoms in total. The van der Waals surface area contributed by atoms with Gasteiger partial charge in [0.1, 0.15) is 32.2 Å². The van der Waals surface area contributed by atoms with Gasteiger partial charge >= 0.3 is 0 Å². The molecule has 8 aromatic rings. The standard InChI is InChI=1S/C24H29BrN8O2.C15H17Br2N7.C9H13NO2.C6H15N/c1-15-21(25)28-23(26-11-16-7-8-19(34-3)10-20(16)35-4)24-29-22(30-33(15)24)17-6-5-9-32(13-17)18-12-27-31(2)14-18;1-9-12(16)19-13(17)15-20-14(21-24(9)15)10-4-3-5-23(7-10)11-6-18-22(2)8-11;1-11-8-4-3-7(6-10)9(5-8)12-2;1-4-7(5-2)6-3/h7-8,10,12,14,17H,5-6,9,11,13H2,1-4H3,(H,26,28);6,8,10H,3-5,7H2,1-2H3;3-5H,6,10H2,1-2H3;4-6H2,1-3H3. The molecule has 2 aliphatic rings. The molecule has 2 unspecified atom stereocenters. The van der Waals surface area contributed by atoms with Crippen LogP contribution in [0, 0.1) is 13.8 Å². The number of ether oxygens (including phenoxy) is 4. The first kappa shape index (κ1) is 59.6. The second kappa shape index (κ2) is 28.2. The fraction of sp³-hybridized carbons (Fsp3) is 0.481. The first-order valence-electron chi connectivity index (χ1n) is 26.2. The molecule has 0 aliphatic carbocycles. The number of fused-ring (bicyclic) bond motifs is 2. The van der Waals surface area contributed by atoms with Gasteiger partial charge < -0.3 is 44.7 Å². The van der Waals surface area contributed by atoms with Crippen molar-refractivity contribution in [2.24, 2.45) is 19.8 Å². The number of hydrogen-bond donors (Lipinski definition) is 2. The lowest BCUT2D eigenvalue weighted by Gasteiger charge is -2.32. The van der Waals surface area contributed by atoms with E-state index in [9.17, 15) is 0 Å². The van der Waals surface area contributed by atoms with Gasteiger partial charge in [0.05, 0.1) is 63.6 Å². The highest BCUT2D eigenvalue weighted by atomic mass is 79.9. The number of aryl methyl sites for hydroxylation is 4. The number of benzene rings is 2. The van der Waals surface area contributed by atoms with Crippen LogP contribution in [0.15, 0.2) is 75.0 Å². The first-order valence-corrected chi connectivity index (χ1v) is 28.6. The molecule has 0 bridgehead atoms. The van der Waals surface area contributed by atoms with E-state index in [0.717, 1.165) is 135 Å². The number of methoxy groups -OCH3 is 4. The van der Waals surface area contributed by atoms with E-state index in [2.05, 4.69) is 116 Å². The highest BCUT2D eigenvalue weighted by Gasteiger charge is 2.29. The summed E-state index contributed by atoms with van der Waals surface area (Å²) in [5.41, 5.74) is 13.1. The van der Waals surface area contributed by atoms with E-state index in [1.54, 1.807) is 28.4 Å². The topological polar surface area (TPSA) is 206 Å². The van der Waals surface area contributed by atoms with Crippen molar-refractivity contribution in [3.05, 3.63) is 109 Å². The number of nitrogens with one attached hydrogen (secondary N) is 1. The summed E-state index contributed by atoms with van der Waals surface area (Å²) in [4.78, 5) is 25.9. The van der Waals surface area contributed by atoms with E-state index >= 15 is 0 Å². The van der Waals surface area contributed by atoms with Gasteiger partial charge in [-0.1, -0.05) is 26.8 Å². The maximum Gasteiger partial charge on any atom is 0.198 e. The van der Waals surface area contributed by atoms with Crippen LogP contribution in [-0.2, 0) is 27.2 Å². The number of piperidine rings is 2. The Morgan fingerprint density at radius 1 is 0.628 bits per heavy atom. The summed E-state index contributed by atoms with van der Waals surface area (Å²) in [7, 11) is 10.4. The highest BCUT2D eigenvalue weighted by Crippen LogP contribution is 2.33. The molecule has 0 saturated carbocycles. The molecule has 2 saturated heterocycles. The lowest BCUT2D eigenvalue weighted by molar-refractivity contribution is 0.321. The van der Waals surface area contributed by atoms with Crippen molar-refractivity contribution in [3.8, 4) is 23.0 Å². The third-order valence-electron chi connectivity index (χ3n) is 14.0. The molecule has 10 rings (SSSR count). The zero-order valence-corrected chi connectivity index (χ0v) is 51.4. The second-order valence-electron chi connectivity index (χ2n) is 18.9. The number of nitrogens with two attached hydrogens (primary N) is 1. The van der Waals surface area contributed by atoms with Gasteiger partial charge in [0.25, 0.3) is 0 Å². The molecule has 0 radical (unpaired) electrons. The number of anilines is 3. The molecule has 420 valence electrons. The largest absolute Gasteiger partial charge is 0.497 e. The van der Waals surface area contributed by atoms with Crippen LogP contribution in [0.1, 0.15) is 92.5 Å². The molecule has 6 aromatic heterocycles. The van der Waals surface area contributed by atoms with E-state index in [4.69, 9.17) is 49.8 Å². The summed E-state index contributed by atoms with van der Waals surface area (Å²) in [5, 5.41) is 21.7. The molecule has 0 amide bonds. The minimum atomic E-state index is 0.233. The average molecular weight is 1270 g/mol. The fourth-order valence-corrected chi connectivity index (χ4v) is 10.7. The van der Waals surface area contributed by atoms with E-state index in [1.165, 1.54) is 19.6 Å². The molecule has 0 spiro atoms. The quantitative estimate of drug-likeness (QED) is 0.0980. The number of nitrogens with zero attached hydrogens (tertiary/aromatic N) is 15. The van der Waals surface area contributed by atoms with Crippen molar-refractivity contribution >= 4 is 76.3 Å². The van der Waals surface area contributed by atoms with Crippen LogP contribution >= 0.6 is 47.8 Å². The molecule has 78 heavy (non-hydrogen) atoms. The smallest absolute Gasteiger partial charge is 0.198 e. The zero-order valence-electron chi connectivity index (χ0n) is 46.7. The molecule has 8 heterocycles. The lowest BCUT2D eigenvalue weighted by Crippen LogP contribution is -2.34. The van der Waals surface area contributed by atoms with Crippen molar-refractivity contribution in [1.29, 1.82) is 0 Å². The van der Waals surface area contributed by atoms with Crippen LogP contribution in [0.4, 0.5) is 17.2 Å². The van der Waals surface area contributed by atoms with Crippen molar-refractivity contribution in [3.63, 3.8) is 0 Å². The lowest BCUT2D eigenvalue weighted by atomic mass is 9.97. The summed E-state index contributed by atoms with van der Waals surface area (Å²) in [6, 6.07) is 11.4. The summed E-state index contributed by atoms with van der Waals surface area (Å²) >= 11 is 10.5. The SMILES string of the molecule is CCN(CC)CC.COc1ccc(CN)c(OC)c1.COc1ccc(CNc2nc(Br)c(C)n3nc(C4CCCN(c5cnn(C)c5)C4)nc23)c(OC)c1.Cc1c(Br)nc(Br)c2nc(C3CCCN(c4cnn(C)c4)C3)nn12. The van der Waals surface area contributed by atoms with Crippen LogP contribution < -0.4 is 39.8 Å². The molecular formula is C54H74Br3N17O4. The van der Waals surface area contributed by atoms with Gasteiger partial charge in [-0.3, -0.25) is 9.36 Å². The molecule has 3 N–H and O–H groups in total. The van der Waals surface area contributed by atoms with E-state index in [1.807, 2.05) is 95.1 Å². The van der Waals surface area contributed by atoms with Gasteiger partial charge in [-0.05, 0) is 125 Å². The van der Waals surface area contributed by atoms with Crippen LogP contribution in [0.2, 0.25) is 0 Å². The van der Waals surface area contributed by atoms with Gasteiger partial charge in [-0.15, -0.1) is 0 Å². The Hall–Kier alpha value is -6.08.